The van der Waals surface area contributed by atoms with E-state index in [9.17, 15) is 23.6 Å². The van der Waals surface area contributed by atoms with Crippen LogP contribution in [0.3, 0.4) is 0 Å². The summed E-state index contributed by atoms with van der Waals surface area (Å²) in [5.41, 5.74) is 9.61. The SMILES string of the molecule is CC(=O)C(C)c1ccc(-c2ccccc2)c(F)c1.CC(=O)C1=C(C)C(C(=O)c2ccc(Cl)cc2)c2ccc(C)cc21.CCC(C)c1ccc(C(C)C(C)=O)cc1. The third-order valence-electron chi connectivity index (χ3n) is 10.8. The van der Waals surface area contributed by atoms with Crippen LogP contribution in [-0.4, -0.2) is 23.1 Å². The molecule has 0 amide bonds. The van der Waals surface area contributed by atoms with Crippen molar-refractivity contribution in [3.8, 4) is 11.1 Å². The van der Waals surface area contributed by atoms with Gasteiger partial charge in [-0.2, -0.15) is 0 Å². The average Bonchev–Trinajstić information content (AvgIpc) is 3.48. The number of carbonyl (C=O) groups is 4. The smallest absolute Gasteiger partial charge is 0.174 e. The second-order valence-corrected chi connectivity index (χ2v) is 15.2. The molecule has 0 bridgehead atoms. The number of carbonyl (C=O) groups excluding carboxylic acids is 4. The van der Waals surface area contributed by atoms with Crippen molar-refractivity contribution in [1.82, 2.24) is 0 Å². The Labute approximate surface area is 336 Å². The fourth-order valence-corrected chi connectivity index (χ4v) is 6.91. The standard InChI is InChI=1S/C20H17ClO2.C16H15FO.C14H20O/c1-11-4-9-16-17(10-11)18(13(3)22)12(2)19(16)20(23)14-5-7-15(21)8-6-14;1-11(12(2)18)14-8-9-15(16(17)10-14)13-6-4-3-5-7-13;1-5-10(2)13-6-8-14(9-7-13)11(3)12(4)15/h4-10,19H,1-3H3;3-11H,1-2H3;6-11H,5H2,1-4H3. The Bertz CT molecular complexity index is 2220. The predicted octanol–water partition coefficient (Wildman–Crippen LogP) is 13.1. The lowest BCUT2D eigenvalue weighted by Crippen LogP contribution is -2.12. The number of aryl methyl sites for hydroxylation is 1. The molecular formula is C50H52ClFO4. The minimum Gasteiger partial charge on any atom is -0.299 e. The summed E-state index contributed by atoms with van der Waals surface area (Å²) in [7, 11) is 0. The van der Waals surface area contributed by atoms with Gasteiger partial charge in [0.15, 0.2) is 11.6 Å². The summed E-state index contributed by atoms with van der Waals surface area (Å²) in [5, 5.41) is 0.598. The maximum Gasteiger partial charge on any atom is 0.174 e. The van der Waals surface area contributed by atoms with Gasteiger partial charge >= 0.3 is 0 Å². The molecule has 1 aliphatic rings. The van der Waals surface area contributed by atoms with Gasteiger partial charge in [0.1, 0.15) is 17.4 Å². The first-order valence-electron chi connectivity index (χ1n) is 19.1. The lowest BCUT2D eigenvalue weighted by molar-refractivity contribution is -0.118. The first kappa shape index (κ1) is 43.5. The molecule has 5 aromatic rings. The quantitative estimate of drug-likeness (QED) is 0.133. The molecule has 0 spiro atoms. The van der Waals surface area contributed by atoms with E-state index in [0.717, 1.165) is 45.4 Å². The zero-order valence-electron chi connectivity index (χ0n) is 33.9. The topological polar surface area (TPSA) is 68.3 Å². The van der Waals surface area contributed by atoms with E-state index in [2.05, 4.69) is 38.1 Å². The fraction of sp³-hybridized carbons (Fsp3) is 0.280. The first-order chi connectivity index (χ1) is 26.5. The average molecular weight is 771 g/mol. The van der Waals surface area contributed by atoms with E-state index in [1.807, 2.05) is 75.4 Å². The van der Waals surface area contributed by atoms with Crippen LogP contribution in [0.2, 0.25) is 5.02 Å². The molecule has 0 fully saturated rings. The highest BCUT2D eigenvalue weighted by molar-refractivity contribution is 6.30. The van der Waals surface area contributed by atoms with Gasteiger partial charge in [0.25, 0.3) is 0 Å². The van der Waals surface area contributed by atoms with Crippen molar-refractivity contribution in [3.63, 3.8) is 0 Å². The summed E-state index contributed by atoms with van der Waals surface area (Å²) >= 11 is 5.90. The molecule has 0 radical (unpaired) electrons. The van der Waals surface area contributed by atoms with Gasteiger partial charge in [-0.3, -0.25) is 19.2 Å². The number of rotatable bonds is 10. The van der Waals surface area contributed by atoms with Crippen LogP contribution in [0.15, 0.2) is 121 Å². The van der Waals surface area contributed by atoms with Gasteiger partial charge in [0, 0.05) is 33.6 Å². The largest absolute Gasteiger partial charge is 0.299 e. The summed E-state index contributed by atoms with van der Waals surface area (Å²) in [5.74, 6) is -0.0427. The minimum absolute atomic E-state index is 0.000481. The van der Waals surface area contributed by atoms with Crippen molar-refractivity contribution in [2.75, 3.05) is 0 Å². The van der Waals surface area contributed by atoms with Crippen LogP contribution in [0, 0.1) is 12.7 Å². The maximum absolute atomic E-state index is 14.0. The molecule has 4 unspecified atom stereocenters. The minimum atomic E-state index is -0.398. The van der Waals surface area contributed by atoms with Crippen LogP contribution in [-0.2, 0) is 14.4 Å². The maximum atomic E-state index is 14.0. The number of halogens is 2. The van der Waals surface area contributed by atoms with E-state index in [1.165, 1.54) is 18.6 Å². The Morgan fingerprint density at radius 1 is 0.661 bits per heavy atom. The number of Topliss-reactive ketones (excluding diaryl/α,β-unsaturated/α-hetero) is 4. The molecule has 0 aromatic heterocycles. The summed E-state index contributed by atoms with van der Waals surface area (Å²) < 4.78 is 14.0. The molecule has 290 valence electrons. The molecule has 5 aromatic carbocycles. The van der Waals surface area contributed by atoms with Crippen molar-refractivity contribution in [2.45, 2.75) is 92.4 Å². The van der Waals surface area contributed by atoms with E-state index >= 15 is 0 Å². The first-order valence-corrected chi connectivity index (χ1v) is 19.5. The number of hydrogen-bond acceptors (Lipinski definition) is 4. The highest BCUT2D eigenvalue weighted by Gasteiger charge is 2.35. The molecule has 0 aliphatic heterocycles. The number of fused-ring (bicyclic) bond motifs is 1. The van der Waals surface area contributed by atoms with Crippen molar-refractivity contribution in [3.05, 3.63) is 171 Å². The van der Waals surface area contributed by atoms with Crippen LogP contribution >= 0.6 is 11.6 Å². The van der Waals surface area contributed by atoms with Gasteiger partial charge in [-0.05, 0) is 116 Å². The van der Waals surface area contributed by atoms with E-state index in [-0.39, 0.29) is 40.8 Å². The highest BCUT2D eigenvalue weighted by atomic mass is 35.5. The number of benzene rings is 5. The Balaban J connectivity index is 0.000000192. The zero-order valence-corrected chi connectivity index (χ0v) is 34.6. The molecule has 1 aliphatic carbocycles. The zero-order chi connectivity index (χ0) is 41.3. The third kappa shape index (κ3) is 10.5. The Kier molecular flexibility index (Phi) is 15.2. The van der Waals surface area contributed by atoms with E-state index in [1.54, 1.807) is 51.1 Å². The lowest BCUT2D eigenvalue weighted by Gasteiger charge is -2.13. The number of ketones is 4. The number of hydrogen-bond donors (Lipinski definition) is 0. The van der Waals surface area contributed by atoms with Crippen LogP contribution in [0.4, 0.5) is 4.39 Å². The third-order valence-corrected chi connectivity index (χ3v) is 11.0. The molecule has 6 heteroatoms. The van der Waals surface area contributed by atoms with E-state index < -0.39 is 5.92 Å². The van der Waals surface area contributed by atoms with Crippen LogP contribution < -0.4 is 0 Å². The Hall–Kier alpha value is -5.26. The van der Waals surface area contributed by atoms with Gasteiger partial charge in [0.2, 0.25) is 0 Å². The predicted molar refractivity (Wildman–Crippen MR) is 228 cm³/mol. The van der Waals surface area contributed by atoms with Gasteiger partial charge in [-0.25, -0.2) is 4.39 Å². The molecule has 4 atom stereocenters. The number of allylic oxidation sites excluding steroid dienone is 2. The Morgan fingerprint density at radius 2 is 1.21 bits per heavy atom. The van der Waals surface area contributed by atoms with Crippen molar-refractivity contribution < 1.29 is 23.6 Å². The normalized spacial score (nSPS) is 14.6. The molecule has 0 saturated carbocycles. The molecule has 0 N–H and O–H groups in total. The second kappa shape index (κ2) is 19.6. The van der Waals surface area contributed by atoms with Crippen LogP contribution in [0.5, 0.6) is 0 Å². The molecule has 56 heavy (non-hydrogen) atoms. The van der Waals surface area contributed by atoms with Gasteiger partial charge in [-0.1, -0.05) is 130 Å². The summed E-state index contributed by atoms with van der Waals surface area (Å²) in [4.78, 5) is 47.6. The summed E-state index contributed by atoms with van der Waals surface area (Å²) in [6, 6.07) is 35.7. The molecule has 0 heterocycles. The monoisotopic (exact) mass is 770 g/mol. The van der Waals surface area contributed by atoms with E-state index in [0.29, 0.717) is 27.6 Å². The second-order valence-electron chi connectivity index (χ2n) is 14.8. The van der Waals surface area contributed by atoms with Gasteiger partial charge in [0.05, 0.1) is 5.92 Å². The van der Waals surface area contributed by atoms with Crippen LogP contribution in [0.25, 0.3) is 16.7 Å². The highest BCUT2D eigenvalue weighted by Crippen LogP contribution is 2.44. The van der Waals surface area contributed by atoms with Gasteiger partial charge in [-0.15, -0.1) is 0 Å². The summed E-state index contributed by atoms with van der Waals surface area (Å²) in [6.45, 7) is 16.8. The molecule has 6 rings (SSSR count). The lowest BCUT2D eigenvalue weighted by atomic mass is 9.88. The van der Waals surface area contributed by atoms with Crippen molar-refractivity contribution in [2.24, 2.45) is 0 Å². The van der Waals surface area contributed by atoms with Crippen molar-refractivity contribution in [1.29, 1.82) is 0 Å². The summed E-state index contributed by atoms with van der Waals surface area (Å²) in [6.07, 6.45) is 1.15. The molecule has 4 nitrogen and oxygen atoms in total. The van der Waals surface area contributed by atoms with Crippen LogP contribution in [0.1, 0.15) is 129 Å². The van der Waals surface area contributed by atoms with Crippen molar-refractivity contribution >= 4 is 40.3 Å². The Morgan fingerprint density at radius 3 is 1.75 bits per heavy atom. The van der Waals surface area contributed by atoms with Gasteiger partial charge < -0.3 is 0 Å². The van der Waals surface area contributed by atoms with E-state index in [4.69, 9.17) is 11.6 Å². The fourth-order valence-electron chi connectivity index (χ4n) is 6.79. The molecular weight excluding hydrogens is 719 g/mol. The molecule has 0 saturated heterocycles.